The van der Waals surface area contributed by atoms with Gasteiger partial charge in [-0.2, -0.15) is 5.10 Å². The van der Waals surface area contributed by atoms with E-state index in [2.05, 4.69) is 113 Å². The van der Waals surface area contributed by atoms with Gasteiger partial charge in [-0.1, -0.05) is 86.6 Å². The molecule has 0 radical (unpaired) electrons. The van der Waals surface area contributed by atoms with Crippen molar-refractivity contribution in [3.63, 3.8) is 0 Å². The highest BCUT2D eigenvalue weighted by molar-refractivity contribution is 6.99. The monoisotopic (exact) mass is 584 g/mol. The van der Waals surface area contributed by atoms with Gasteiger partial charge in [-0.25, -0.2) is 4.68 Å². The lowest BCUT2D eigenvalue weighted by Gasteiger charge is -2.45. The number of hydrogen-bond donors (Lipinski definition) is 1. The molecule has 1 aliphatic rings. The number of aromatic nitrogens is 3. The molecule has 0 atom stereocenters. The van der Waals surface area contributed by atoms with E-state index >= 15 is 0 Å². The van der Waals surface area contributed by atoms with Crippen molar-refractivity contribution >= 4 is 30.4 Å². The molecule has 1 saturated carbocycles. The van der Waals surface area contributed by atoms with Crippen molar-refractivity contribution in [2.45, 2.75) is 84.2 Å². The van der Waals surface area contributed by atoms with E-state index in [9.17, 15) is 4.79 Å². The molecule has 0 aliphatic heterocycles. The highest BCUT2D eigenvalue weighted by atomic mass is 28.4. The number of aryl methyl sites for hydroxylation is 1. The molecule has 0 bridgehead atoms. The minimum Gasteiger partial charge on any atom is -0.407 e. The average Bonchev–Trinajstić information content (AvgIpc) is 3.51. The zero-order valence-corrected chi connectivity index (χ0v) is 27.0. The summed E-state index contributed by atoms with van der Waals surface area (Å²) in [6.45, 7) is 15.8. The lowest BCUT2D eigenvalue weighted by Crippen LogP contribution is -2.67. The first-order valence-corrected chi connectivity index (χ1v) is 16.8. The molecule has 7 nitrogen and oxygen atoms in total. The second-order valence-electron chi connectivity index (χ2n) is 13.7. The predicted octanol–water partition coefficient (Wildman–Crippen LogP) is 6.19. The van der Waals surface area contributed by atoms with Crippen LogP contribution >= 0.6 is 0 Å². The molecule has 222 valence electrons. The Morgan fingerprint density at radius 1 is 0.976 bits per heavy atom. The molecular formula is C34H44N4O3Si. The minimum absolute atomic E-state index is 0.0398. The van der Waals surface area contributed by atoms with Crippen LogP contribution in [0.5, 0.6) is 0 Å². The molecule has 2 aromatic carbocycles. The van der Waals surface area contributed by atoms with Crippen LogP contribution in [0.3, 0.4) is 0 Å². The van der Waals surface area contributed by atoms with E-state index in [1.807, 2.05) is 17.7 Å². The predicted molar refractivity (Wildman–Crippen MR) is 170 cm³/mol. The van der Waals surface area contributed by atoms with Crippen molar-refractivity contribution < 1.29 is 13.7 Å². The third kappa shape index (κ3) is 6.15. The number of nitrogens with zero attached hydrogens (tertiary/aromatic N) is 3. The van der Waals surface area contributed by atoms with Gasteiger partial charge in [0.15, 0.2) is 0 Å². The van der Waals surface area contributed by atoms with Gasteiger partial charge in [0, 0.05) is 24.7 Å². The van der Waals surface area contributed by atoms with Crippen LogP contribution in [-0.2, 0) is 21.2 Å². The molecule has 1 N–H and O–H groups in total. The van der Waals surface area contributed by atoms with Gasteiger partial charge in [0.2, 0.25) is 5.91 Å². The number of hydrogen-bond acceptors (Lipinski definition) is 5. The summed E-state index contributed by atoms with van der Waals surface area (Å²) in [4.78, 5) is 12.8. The molecule has 42 heavy (non-hydrogen) atoms. The van der Waals surface area contributed by atoms with Crippen molar-refractivity contribution in [1.82, 2.24) is 14.9 Å². The van der Waals surface area contributed by atoms with E-state index < -0.39 is 8.32 Å². The van der Waals surface area contributed by atoms with Crippen molar-refractivity contribution in [3.8, 4) is 0 Å². The zero-order chi connectivity index (χ0) is 30.1. The standard InChI is InChI=1S/C34H44N4O3Si/c1-24-18-27(41-37-24)21-32(39)35-31-22-30(36-38(31)33(2,3)4)26-19-25(20-26)23-40-42(34(5,6)7,28-14-10-8-11-15-28)29-16-12-9-13-17-29/h8-18,22,25-26H,19-21,23H2,1-7H3,(H,35,39). The maximum atomic E-state index is 12.8. The number of nitrogens with one attached hydrogen (secondary N) is 1. The number of rotatable bonds is 9. The molecule has 1 fully saturated rings. The normalized spacial score (nSPS) is 17.6. The zero-order valence-electron chi connectivity index (χ0n) is 26.0. The Morgan fingerprint density at radius 2 is 1.57 bits per heavy atom. The van der Waals surface area contributed by atoms with Gasteiger partial charge in [-0.05, 0) is 61.9 Å². The number of amides is 1. The molecule has 2 aromatic heterocycles. The molecular weight excluding hydrogens is 540 g/mol. The largest absolute Gasteiger partial charge is 0.407 e. The van der Waals surface area contributed by atoms with Gasteiger partial charge >= 0.3 is 0 Å². The summed E-state index contributed by atoms with van der Waals surface area (Å²) in [5.41, 5.74) is 1.51. The van der Waals surface area contributed by atoms with E-state index in [4.69, 9.17) is 14.0 Å². The molecule has 1 amide bonds. The van der Waals surface area contributed by atoms with Crippen molar-refractivity contribution in [1.29, 1.82) is 0 Å². The Hall–Kier alpha value is -3.49. The third-order valence-electron chi connectivity index (χ3n) is 8.25. The van der Waals surface area contributed by atoms with Crippen molar-refractivity contribution in [2.24, 2.45) is 5.92 Å². The van der Waals surface area contributed by atoms with Crippen LogP contribution < -0.4 is 15.7 Å². The Kier molecular flexibility index (Phi) is 8.32. The quantitative estimate of drug-likeness (QED) is 0.237. The summed E-state index contributed by atoms with van der Waals surface area (Å²) in [6, 6.07) is 25.5. The number of benzene rings is 2. The number of anilines is 1. The van der Waals surface area contributed by atoms with Gasteiger partial charge in [0.1, 0.15) is 11.6 Å². The lowest BCUT2D eigenvalue weighted by molar-refractivity contribution is -0.115. The second-order valence-corrected chi connectivity index (χ2v) is 18.0. The highest BCUT2D eigenvalue weighted by Gasteiger charge is 2.51. The van der Waals surface area contributed by atoms with Gasteiger partial charge in [-0.15, -0.1) is 0 Å². The summed E-state index contributed by atoms with van der Waals surface area (Å²) in [7, 11) is -2.55. The smallest absolute Gasteiger partial charge is 0.261 e. The fourth-order valence-corrected chi connectivity index (χ4v) is 10.8. The molecule has 1 aliphatic carbocycles. The van der Waals surface area contributed by atoms with Crippen molar-refractivity contribution in [2.75, 3.05) is 11.9 Å². The summed E-state index contributed by atoms with van der Waals surface area (Å²) in [6.07, 6.45) is 2.17. The lowest BCUT2D eigenvalue weighted by atomic mass is 9.74. The van der Waals surface area contributed by atoms with Crippen LogP contribution in [0.15, 0.2) is 77.3 Å². The highest BCUT2D eigenvalue weighted by Crippen LogP contribution is 2.44. The third-order valence-corrected chi connectivity index (χ3v) is 13.3. The van der Waals surface area contributed by atoms with Gasteiger partial charge < -0.3 is 14.3 Å². The Bertz CT molecular complexity index is 1450. The molecule has 2 heterocycles. The second kappa shape index (κ2) is 11.6. The molecule has 0 saturated heterocycles. The Morgan fingerprint density at radius 3 is 2.07 bits per heavy atom. The first kappa shape index (κ1) is 30.0. The fraction of sp³-hybridized carbons (Fsp3) is 0.441. The molecule has 8 heteroatoms. The summed E-state index contributed by atoms with van der Waals surface area (Å²) in [5.74, 6) is 1.92. The van der Waals surface area contributed by atoms with Gasteiger partial charge in [0.25, 0.3) is 8.32 Å². The average molecular weight is 585 g/mol. The number of carbonyl (C=O) groups excluding carboxylic acids is 1. The summed E-state index contributed by atoms with van der Waals surface area (Å²) < 4.78 is 14.4. The van der Waals surface area contributed by atoms with Crippen LogP contribution in [0.25, 0.3) is 0 Å². The van der Waals surface area contributed by atoms with E-state index in [1.165, 1.54) is 10.4 Å². The topological polar surface area (TPSA) is 82.2 Å². The summed E-state index contributed by atoms with van der Waals surface area (Å²) >= 11 is 0. The Balaban J connectivity index is 1.30. The Labute approximate surface area is 250 Å². The first-order valence-electron chi connectivity index (χ1n) is 14.9. The van der Waals surface area contributed by atoms with Crippen LogP contribution in [-0.4, -0.2) is 35.8 Å². The number of carbonyl (C=O) groups is 1. The SMILES string of the molecule is Cc1cc(CC(=O)Nc2cc(C3CC(CO[Si](c4ccccc4)(c4ccccc4)C(C)(C)C)C3)nn2C(C)(C)C)on1. The molecule has 0 unspecified atom stereocenters. The van der Waals surface area contributed by atoms with Crippen LogP contribution in [0.1, 0.15) is 77.5 Å². The van der Waals surface area contributed by atoms with E-state index in [-0.39, 0.29) is 22.9 Å². The van der Waals surface area contributed by atoms with Crippen LogP contribution in [0.4, 0.5) is 5.82 Å². The molecule has 5 rings (SSSR count). The molecule has 4 aromatic rings. The van der Waals surface area contributed by atoms with E-state index in [0.717, 1.165) is 30.8 Å². The van der Waals surface area contributed by atoms with Gasteiger partial charge in [0.05, 0.1) is 23.3 Å². The van der Waals surface area contributed by atoms with Crippen LogP contribution in [0, 0.1) is 12.8 Å². The maximum Gasteiger partial charge on any atom is 0.261 e. The van der Waals surface area contributed by atoms with E-state index in [1.54, 1.807) is 6.07 Å². The van der Waals surface area contributed by atoms with Gasteiger partial charge in [-0.3, -0.25) is 4.79 Å². The maximum absolute atomic E-state index is 12.8. The summed E-state index contributed by atoms with van der Waals surface area (Å²) in [5, 5.41) is 14.5. The fourth-order valence-electron chi connectivity index (χ4n) is 6.16. The molecule has 0 spiro atoms. The van der Waals surface area contributed by atoms with Crippen LogP contribution in [0.2, 0.25) is 5.04 Å². The minimum atomic E-state index is -2.55. The first-order chi connectivity index (χ1) is 19.9. The van der Waals surface area contributed by atoms with Crippen molar-refractivity contribution in [3.05, 3.63) is 89.9 Å². The van der Waals surface area contributed by atoms with E-state index in [0.29, 0.717) is 23.4 Å².